The number of carboxylic acids is 1. The molecule has 1 aromatic carbocycles. The number of carboxylic acid groups (broad SMARTS) is 1. The van der Waals surface area contributed by atoms with Crippen LogP contribution in [0.5, 0.6) is 0 Å². The first-order valence-corrected chi connectivity index (χ1v) is 7.36. The Labute approximate surface area is 146 Å². The monoisotopic (exact) mass is 359 g/mol. The third-order valence-electron chi connectivity index (χ3n) is 3.32. The van der Waals surface area contributed by atoms with E-state index in [-0.39, 0.29) is 37.0 Å². The van der Waals surface area contributed by atoms with Gasteiger partial charge in [0, 0.05) is 25.1 Å². The summed E-state index contributed by atoms with van der Waals surface area (Å²) in [5, 5.41) is 25.2. The summed E-state index contributed by atoms with van der Waals surface area (Å²) in [6.07, 6.45) is 1.29. The van der Waals surface area contributed by atoms with E-state index >= 15 is 0 Å². The van der Waals surface area contributed by atoms with Gasteiger partial charge in [0.1, 0.15) is 6.04 Å². The SMILES string of the molecule is CCCC(NCCC(=O)Nc1cc([N+](=O)[O-])ccc1C)C(=O)O.Cl. The highest BCUT2D eigenvalue weighted by Crippen LogP contribution is 2.21. The summed E-state index contributed by atoms with van der Waals surface area (Å²) >= 11 is 0. The smallest absolute Gasteiger partial charge is 0.320 e. The number of halogens is 1. The largest absolute Gasteiger partial charge is 0.480 e. The summed E-state index contributed by atoms with van der Waals surface area (Å²) in [6.45, 7) is 3.84. The van der Waals surface area contributed by atoms with Crippen LogP contribution in [0.15, 0.2) is 18.2 Å². The molecule has 1 aromatic rings. The van der Waals surface area contributed by atoms with Gasteiger partial charge in [-0.05, 0) is 18.9 Å². The number of hydrogen-bond acceptors (Lipinski definition) is 5. The van der Waals surface area contributed by atoms with Gasteiger partial charge in [-0.2, -0.15) is 0 Å². The Morgan fingerprint density at radius 2 is 2.04 bits per heavy atom. The number of hydrogen-bond donors (Lipinski definition) is 3. The maximum absolute atomic E-state index is 11.9. The Bertz CT molecular complexity index is 594. The number of carbonyl (C=O) groups excluding carboxylic acids is 1. The number of non-ortho nitro benzene ring substituents is 1. The maximum Gasteiger partial charge on any atom is 0.320 e. The molecular formula is C15H22ClN3O5. The first-order valence-electron chi connectivity index (χ1n) is 7.36. The van der Waals surface area contributed by atoms with Crippen LogP contribution in [-0.4, -0.2) is 34.5 Å². The highest BCUT2D eigenvalue weighted by molar-refractivity contribution is 5.92. The first kappa shape index (κ1) is 21.8. The summed E-state index contributed by atoms with van der Waals surface area (Å²) in [5.74, 6) is -1.27. The van der Waals surface area contributed by atoms with Crippen molar-refractivity contribution in [1.29, 1.82) is 0 Å². The van der Waals surface area contributed by atoms with E-state index in [4.69, 9.17) is 5.11 Å². The molecule has 0 aliphatic heterocycles. The van der Waals surface area contributed by atoms with Crippen molar-refractivity contribution in [2.24, 2.45) is 0 Å². The van der Waals surface area contributed by atoms with Crippen molar-refractivity contribution in [3.05, 3.63) is 33.9 Å². The Hall–Kier alpha value is -2.19. The van der Waals surface area contributed by atoms with Crippen molar-refractivity contribution in [3.63, 3.8) is 0 Å². The van der Waals surface area contributed by atoms with Crippen molar-refractivity contribution in [3.8, 4) is 0 Å². The number of anilines is 1. The quantitative estimate of drug-likeness (QED) is 0.460. The number of rotatable bonds is 9. The molecule has 0 saturated carbocycles. The lowest BCUT2D eigenvalue weighted by molar-refractivity contribution is -0.384. The molecule has 0 bridgehead atoms. The molecular weight excluding hydrogens is 338 g/mol. The Morgan fingerprint density at radius 1 is 1.38 bits per heavy atom. The highest BCUT2D eigenvalue weighted by atomic mass is 35.5. The fourth-order valence-corrected chi connectivity index (χ4v) is 2.03. The fourth-order valence-electron chi connectivity index (χ4n) is 2.03. The van der Waals surface area contributed by atoms with Gasteiger partial charge in [0.25, 0.3) is 5.69 Å². The molecule has 0 spiro atoms. The molecule has 3 N–H and O–H groups in total. The number of benzene rings is 1. The minimum Gasteiger partial charge on any atom is -0.480 e. The van der Waals surface area contributed by atoms with E-state index < -0.39 is 16.9 Å². The second kappa shape index (κ2) is 10.6. The average molecular weight is 360 g/mol. The molecule has 0 fully saturated rings. The molecule has 9 heteroatoms. The lowest BCUT2D eigenvalue weighted by atomic mass is 10.1. The van der Waals surface area contributed by atoms with Crippen molar-refractivity contribution in [2.75, 3.05) is 11.9 Å². The van der Waals surface area contributed by atoms with Crippen LogP contribution in [0, 0.1) is 17.0 Å². The second-order valence-corrected chi connectivity index (χ2v) is 5.19. The summed E-state index contributed by atoms with van der Waals surface area (Å²) in [7, 11) is 0. The minimum atomic E-state index is -0.943. The van der Waals surface area contributed by atoms with Gasteiger partial charge >= 0.3 is 5.97 Å². The van der Waals surface area contributed by atoms with Crippen LogP contribution in [0.4, 0.5) is 11.4 Å². The van der Waals surface area contributed by atoms with E-state index in [2.05, 4.69) is 10.6 Å². The Balaban J connectivity index is 0.00000529. The van der Waals surface area contributed by atoms with Gasteiger partial charge in [-0.15, -0.1) is 12.4 Å². The summed E-state index contributed by atoms with van der Waals surface area (Å²) in [5.41, 5.74) is 0.997. The zero-order valence-corrected chi connectivity index (χ0v) is 14.4. The molecule has 1 amide bonds. The summed E-state index contributed by atoms with van der Waals surface area (Å²) < 4.78 is 0. The lowest BCUT2D eigenvalue weighted by Crippen LogP contribution is -2.38. The predicted molar refractivity (Wildman–Crippen MR) is 92.7 cm³/mol. The van der Waals surface area contributed by atoms with Gasteiger partial charge in [0.05, 0.1) is 10.6 Å². The maximum atomic E-state index is 11.9. The van der Waals surface area contributed by atoms with Gasteiger partial charge in [0.2, 0.25) is 5.91 Å². The van der Waals surface area contributed by atoms with Crippen LogP contribution >= 0.6 is 12.4 Å². The van der Waals surface area contributed by atoms with Gasteiger partial charge < -0.3 is 15.7 Å². The van der Waals surface area contributed by atoms with E-state index in [9.17, 15) is 19.7 Å². The van der Waals surface area contributed by atoms with Crippen LogP contribution in [0.25, 0.3) is 0 Å². The number of aryl methyl sites for hydroxylation is 1. The third kappa shape index (κ3) is 6.93. The molecule has 1 unspecified atom stereocenters. The standard InChI is InChI=1S/C15H21N3O5.ClH/c1-3-4-12(15(20)21)16-8-7-14(19)17-13-9-11(18(22)23)6-5-10(13)2;/h5-6,9,12,16H,3-4,7-8H2,1-2H3,(H,17,19)(H,20,21);1H. The van der Waals surface area contributed by atoms with E-state index in [1.165, 1.54) is 12.1 Å². The van der Waals surface area contributed by atoms with Crippen LogP contribution in [0.1, 0.15) is 31.7 Å². The van der Waals surface area contributed by atoms with E-state index in [0.717, 1.165) is 6.42 Å². The van der Waals surface area contributed by atoms with E-state index in [1.807, 2.05) is 6.92 Å². The molecule has 134 valence electrons. The van der Waals surface area contributed by atoms with Crippen molar-refractivity contribution >= 4 is 35.7 Å². The molecule has 0 aromatic heterocycles. The number of carbonyl (C=O) groups is 2. The van der Waals surface area contributed by atoms with Gasteiger partial charge in [-0.25, -0.2) is 0 Å². The van der Waals surface area contributed by atoms with E-state index in [0.29, 0.717) is 17.7 Å². The fraction of sp³-hybridized carbons (Fsp3) is 0.467. The van der Waals surface area contributed by atoms with Crippen molar-refractivity contribution in [1.82, 2.24) is 5.32 Å². The second-order valence-electron chi connectivity index (χ2n) is 5.19. The molecule has 0 radical (unpaired) electrons. The number of nitrogens with zero attached hydrogens (tertiary/aromatic N) is 1. The topological polar surface area (TPSA) is 122 Å². The molecule has 0 aliphatic rings. The van der Waals surface area contributed by atoms with Crippen LogP contribution in [0.2, 0.25) is 0 Å². The molecule has 8 nitrogen and oxygen atoms in total. The molecule has 1 atom stereocenters. The zero-order valence-electron chi connectivity index (χ0n) is 13.6. The Kier molecular flexibility index (Phi) is 9.60. The van der Waals surface area contributed by atoms with Gasteiger partial charge in [0.15, 0.2) is 0 Å². The Morgan fingerprint density at radius 3 is 2.58 bits per heavy atom. The molecule has 1 rings (SSSR count). The number of nitro benzene ring substituents is 1. The number of aliphatic carboxylic acids is 1. The average Bonchev–Trinajstić information content (AvgIpc) is 2.48. The van der Waals surface area contributed by atoms with Gasteiger partial charge in [-0.1, -0.05) is 19.4 Å². The van der Waals surface area contributed by atoms with Crippen LogP contribution in [0.3, 0.4) is 0 Å². The van der Waals surface area contributed by atoms with Gasteiger partial charge in [-0.3, -0.25) is 19.7 Å². The van der Waals surface area contributed by atoms with Crippen molar-refractivity contribution < 1.29 is 19.6 Å². The first-order chi connectivity index (χ1) is 10.8. The van der Waals surface area contributed by atoms with Crippen LogP contribution in [-0.2, 0) is 9.59 Å². The number of amides is 1. The molecule has 0 heterocycles. The van der Waals surface area contributed by atoms with Crippen molar-refractivity contribution in [2.45, 2.75) is 39.2 Å². The molecule has 0 saturated heterocycles. The summed E-state index contributed by atoms with van der Waals surface area (Å²) in [6, 6.07) is 3.56. The van der Waals surface area contributed by atoms with Crippen LogP contribution < -0.4 is 10.6 Å². The normalized spacial score (nSPS) is 11.2. The van der Waals surface area contributed by atoms with E-state index in [1.54, 1.807) is 13.0 Å². The number of nitrogens with one attached hydrogen (secondary N) is 2. The lowest BCUT2D eigenvalue weighted by Gasteiger charge is -2.13. The molecule has 24 heavy (non-hydrogen) atoms. The predicted octanol–water partition coefficient (Wildman–Crippen LogP) is 2.50. The minimum absolute atomic E-state index is 0. The zero-order chi connectivity index (χ0) is 17.4. The highest BCUT2D eigenvalue weighted by Gasteiger charge is 2.16. The third-order valence-corrected chi connectivity index (χ3v) is 3.32. The summed E-state index contributed by atoms with van der Waals surface area (Å²) in [4.78, 5) is 33.1. The molecule has 0 aliphatic carbocycles. The number of nitro groups is 1.